The molecule has 0 aromatic carbocycles. The van der Waals surface area contributed by atoms with Gasteiger partial charge in [0.2, 0.25) is 0 Å². The molecule has 2 nitrogen and oxygen atoms in total. The van der Waals surface area contributed by atoms with Gasteiger partial charge < -0.3 is 5.11 Å². The van der Waals surface area contributed by atoms with Gasteiger partial charge in [-0.25, -0.2) is 0 Å². The van der Waals surface area contributed by atoms with Gasteiger partial charge in [-0.1, -0.05) is 34.1 Å². The molecule has 0 heterocycles. The second kappa shape index (κ2) is 5.27. The van der Waals surface area contributed by atoms with Crippen LogP contribution in [0.15, 0.2) is 0 Å². The quantitative estimate of drug-likeness (QED) is 0.570. The Bertz CT molecular complexity index is 85.9. The van der Waals surface area contributed by atoms with E-state index in [1.54, 1.807) is 0 Å². The maximum atomic E-state index is 9.00. The van der Waals surface area contributed by atoms with Crippen molar-refractivity contribution in [2.24, 2.45) is 5.41 Å². The van der Waals surface area contributed by atoms with E-state index in [0.717, 1.165) is 6.92 Å². The third-order valence-corrected chi connectivity index (χ3v) is 1.06. The minimum atomic E-state index is -0.833. The van der Waals surface area contributed by atoms with Gasteiger partial charge in [0.1, 0.15) is 0 Å². The molecule has 0 rings (SSSR count). The van der Waals surface area contributed by atoms with Crippen LogP contribution in [0, 0.1) is 5.41 Å². The summed E-state index contributed by atoms with van der Waals surface area (Å²) in [6.07, 6.45) is 1.27. The molecule has 10 heavy (non-hydrogen) atoms. The van der Waals surface area contributed by atoms with Gasteiger partial charge in [-0.15, -0.1) is 0 Å². The fourth-order valence-corrected chi connectivity index (χ4v) is 0. The summed E-state index contributed by atoms with van der Waals surface area (Å²) < 4.78 is 0. The summed E-state index contributed by atoms with van der Waals surface area (Å²) in [6.45, 7) is 10.0. The minimum absolute atomic E-state index is 0.542. The smallest absolute Gasteiger partial charge is 0.300 e. The number of hydrogen-bond donors (Lipinski definition) is 1. The summed E-state index contributed by atoms with van der Waals surface area (Å²) in [5, 5.41) is 7.42. The van der Waals surface area contributed by atoms with Crippen molar-refractivity contribution in [3.05, 3.63) is 0 Å². The molecular weight excluding hydrogens is 128 g/mol. The molecule has 0 fully saturated rings. The van der Waals surface area contributed by atoms with E-state index in [4.69, 9.17) is 9.90 Å². The van der Waals surface area contributed by atoms with Crippen LogP contribution in [-0.2, 0) is 4.79 Å². The van der Waals surface area contributed by atoms with Gasteiger partial charge in [-0.2, -0.15) is 0 Å². The highest BCUT2D eigenvalue weighted by atomic mass is 16.4. The second-order valence-corrected chi connectivity index (χ2v) is 3.43. The molecule has 1 N–H and O–H groups in total. The molecule has 0 spiro atoms. The Morgan fingerprint density at radius 1 is 1.40 bits per heavy atom. The molecule has 0 aromatic heterocycles. The third-order valence-electron chi connectivity index (χ3n) is 1.06. The van der Waals surface area contributed by atoms with E-state index in [0.29, 0.717) is 5.41 Å². The van der Waals surface area contributed by atoms with Crippen molar-refractivity contribution < 1.29 is 9.90 Å². The average Bonchev–Trinajstić information content (AvgIpc) is 1.63. The first kappa shape index (κ1) is 12.2. The highest BCUT2D eigenvalue weighted by molar-refractivity contribution is 5.62. The summed E-state index contributed by atoms with van der Waals surface area (Å²) in [5.41, 5.74) is 0.542. The van der Waals surface area contributed by atoms with Crippen molar-refractivity contribution in [1.29, 1.82) is 0 Å². The first-order chi connectivity index (χ1) is 4.29. The Labute approximate surface area is 63.3 Å². The zero-order valence-corrected chi connectivity index (χ0v) is 7.56. The van der Waals surface area contributed by atoms with Crippen molar-refractivity contribution in [2.75, 3.05) is 0 Å². The number of carbonyl (C=O) groups is 1. The predicted molar refractivity (Wildman–Crippen MR) is 43.1 cm³/mol. The molecule has 62 valence electrons. The van der Waals surface area contributed by atoms with Crippen LogP contribution in [0.1, 0.15) is 41.0 Å². The van der Waals surface area contributed by atoms with E-state index in [-0.39, 0.29) is 0 Å². The summed E-state index contributed by atoms with van der Waals surface area (Å²) in [5.74, 6) is -0.833. The lowest BCUT2D eigenvalue weighted by atomic mass is 9.94. The maximum Gasteiger partial charge on any atom is 0.300 e. The van der Waals surface area contributed by atoms with Crippen molar-refractivity contribution in [3.63, 3.8) is 0 Å². The van der Waals surface area contributed by atoms with Crippen LogP contribution in [0.3, 0.4) is 0 Å². The van der Waals surface area contributed by atoms with Gasteiger partial charge >= 0.3 is 0 Å². The van der Waals surface area contributed by atoms with Crippen molar-refractivity contribution in [1.82, 2.24) is 0 Å². The highest BCUT2D eigenvalue weighted by Crippen LogP contribution is 2.16. The molecule has 0 unspecified atom stereocenters. The third kappa shape index (κ3) is 51.3. The molecule has 0 atom stereocenters. The lowest BCUT2D eigenvalue weighted by molar-refractivity contribution is -0.134. The van der Waals surface area contributed by atoms with Crippen LogP contribution in [-0.4, -0.2) is 11.1 Å². The van der Waals surface area contributed by atoms with Crippen molar-refractivity contribution in [2.45, 2.75) is 41.0 Å². The first-order valence-corrected chi connectivity index (χ1v) is 3.49. The van der Waals surface area contributed by atoms with E-state index in [1.165, 1.54) is 6.42 Å². The molecule has 0 aliphatic rings. The lowest BCUT2D eigenvalue weighted by Crippen LogP contribution is -2.00. The summed E-state index contributed by atoms with van der Waals surface area (Å²) in [6, 6.07) is 0. The van der Waals surface area contributed by atoms with Crippen LogP contribution >= 0.6 is 0 Å². The fourth-order valence-electron chi connectivity index (χ4n) is 0. The normalized spacial score (nSPS) is 9.70. The van der Waals surface area contributed by atoms with Gasteiger partial charge in [0.05, 0.1) is 0 Å². The number of carboxylic acid groups (broad SMARTS) is 1. The van der Waals surface area contributed by atoms with E-state index in [9.17, 15) is 0 Å². The zero-order valence-electron chi connectivity index (χ0n) is 7.56. The molecule has 0 bridgehead atoms. The molecule has 0 aliphatic heterocycles. The highest BCUT2D eigenvalue weighted by Gasteiger charge is 2.03. The Morgan fingerprint density at radius 3 is 1.50 bits per heavy atom. The molecular formula is C8H18O2. The molecule has 0 amide bonds. The minimum Gasteiger partial charge on any atom is -0.481 e. The van der Waals surface area contributed by atoms with Gasteiger partial charge in [-0.3, -0.25) is 4.79 Å². The Kier molecular flexibility index (Phi) is 6.42. The molecule has 0 aromatic rings. The van der Waals surface area contributed by atoms with Gasteiger partial charge in [-0.05, 0) is 5.41 Å². The molecule has 0 aliphatic carbocycles. The Hall–Kier alpha value is -0.530. The average molecular weight is 146 g/mol. The second-order valence-electron chi connectivity index (χ2n) is 3.43. The first-order valence-electron chi connectivity index (χ1n) is 3.49. The topological polar surface area (TPSA) is 37.3 Å². The number of carboxylic acids is 1. The van der Waals surface area contributed by atoms with Crippen LogP contribution in [0.25, 0.3) is 0 Å². The molecule has 0 saturated heterocycles. The van der Waals surface area contributed by atoms with Crippen LogP contribution in [0.4, 0.5) is 0 Å². The van der Waals surface area contributed by atoms with Gasteiger partial charge in [0, 0.05) is 6.92 Å². The largest absolute Gasteiger partial charge is 0.481 e. The lowest BCUT2D eigenvalue weighted by Gasteiger charge is -2.12. The van der Waals surface area contributed by atoms with Crippen molar-refractivity contribution in [3.8, 4) is 0 Å². The van der Waals surface area contributed by atoms with Crippen molar-refractivity contribution >= 4 is 5.97 Å². The maximum absolute atomic E-state index is 9.00. The summed E-state index contributed by atoms with van der Waals surface area (Å²) in [4.78, 5) is 9.00. The number of rotatable bonds is 0. The van der Waals surface area contributed by atoms with Crippen LogP contribution in [0.5, 0.6) is 0 Å². The van der Waals surface area contributed by atoms with Crippen LogP contribution in [0.2, 0.25) is 0 Å². The van der Waals surface area contributed by atoms with E-state index < -0.39 is 5.97 Å². The predicted octanol–water partition coefficient (Wildman–Crippen LogP) is 2.53. The Morgan fingerprint density at radius 2 is 1.50 bits per heavy atom. The monoisotopic (exact) mass is 146 g/mol. The molecule has 0 saturated carbocycles. The van der Waals surface area contributed by atoms with E-state index >= 15 is 0 Å². The van der Waals surface area contributed by atoms with E-state index in [2.05, 4.69) is 27.7 Å². The number of hydrogen-bond acceptors (Lipinski definition) is 1. The standard InChI is InChI=1S/C6H14.C2H4O2/c1-5-6(2,3)4;1-2(3)4/h5H2,1-4H3;1H3,(H,3,4). The van der Waals surface area contributed by atoms with Crippen LogP contribution < -0.4 is 0 Å². The zero-order chi connectivity index (χ0) is 8.78. The van der Waals surface area contributed by atoms with E-state index in [1.807, 2.05) is 0 Å². The number of aliphatic carboxylic acids is 1. The van der Waals surface area contributed by atoms with Gasteiger partial charge in [0.25, 0.3) is 5.97 Å². The SMILES string of the molecule is CC(=O)O.CCC(C)(C)C. The molecule has 2 heteroatoms. The molecule has 0 radical (unpaired) electrons. The summed E-state index contributed by atoms with van der Waals surface area (Å²) in [7, 11) is 0. The Balaban J connectivity index is 0. The fraction of sp³-hybridized carbons (Fsp3) is 0.875. The van der Waals surface area contributed by atoms with Gasteiger partial charge in [0.15, 0.2) is 0 Å². The summed E-state index contributed by atoms with van der Waals surface area (Å²) >= 11 is 0.